The topological polar surface area (TPSA) is 24.4 Å². The Kier molecular flexibility index (Phi) is 3.55. The Morgan fingerprint density at radius 3 is 2.75 bits per heavy atom. The number of fused-ring (bicyclic) bond motifs is 1. The molecule has 1 aliphatic rings. The fourth-order valence-electron chi connectivity index (χ4n) is 2.27. The molecule has 0 spiro atoms. The Balaban J connectivity index is 2.23. The molecule has 0 fully saturated rings. The minimum Gasteiger partial charge on any atom is -0.348 e. The molecule has 0 amide bonds. The Morgan fingerprint density at radius 2 is 1.95 bits per heavy atom. The van der Waals surface area contributed by atoms with E-state index in [-0.39, 0.29) is 0 Å². The number of benzene rings is 2. The van der Waals surface area contributed by atoms with Crippen molar-refractivity contribution in [3.05, 3.63) is 64.2 Å². The number of nitrogens with zero attached hydrogens (tertiary/aromatic N) is 1. The number of aryl methyl sites for hydroxylation is 1. The molecule has 1 heterocycles. The molecule has 2 nitrogen and oxygen atoms in total. The molecule has 0 radical (unpaired) electrons. The maximum Gasteiger partial charge on any atom is 0.102 e. The fourth-order valence-corrected chi connectivity index (χ4v) is 2.67. The highest BCUT2D eigenvalue weighted by molar-refractivity contribution is 7.80. The highest BCUT2D eigenvalue weighted by Gasteiger charge is 2.18. The van der Waals surface area contributed by atoms with Crippen molar-refractivity contribution in [1.29, 1.82) is 0 Å². The molecule has 2 aromatic carbocycles. The van der Waals surface area contributed by atoms with Gasteiger partial charge in [0.25, 0.3) is 0 Å². The average Bonchev–Trinajstić information content (AvgIpc) is 2.58. The van der Waals surface area contributed by atoms with Crippen molar-refractivity contribution in [2.75, 3.05) is 11.9 Å². The second-order valence-electron chi connectivity index (χ2n) is 4.74. The summed E-state index contributed by atoms with van der Waals surface area (Å²) in [5.74, 6) is 0. The maximum atomic E-state index is 6.32. The van der Waals surface area contributed by atoms with Crippen molar-refractivity contribution >= 4 is 40.2 Å². The first-order valence-electron chi connectivity index (χ1n) is 6.35. The second kappa shape index (κ2) is 5.35. The lowest BCUT2D eigenvalue weighted by Crippen LogP contribution is -2.11. The van der Waals surface area contributed by atoms with E-state index in [1.54, 1.807) is 0 Å². The van der Waals surface area contributed by atoms with Crippen LogP contribution in [0.25, 0.3) is 0 Å². The molecule has 0 aliphatic carbocycles. The largest absolute Gasteiger partial charge is 0.348 e. The van der Waals surface area contributed by atoms with E-state index >= 15 is 0 Å². The highest BCUT2D eigenvalue weighted by atomic mass is 35.5. The van der Waals surface area contributed by atoms with E-state index in [1.165, 1.54) is 5.56 Å². The zero-order chi connectivity index (χ0) is 14.1. The van der Waals surface area contributed by atoms with Gasteiger partial charge in [-0.05, 0) is 25.1 Å². The van der Waals surface area contributed by atoms with Crippen LogP contribution < -0.4 is 5.32 Å². The molecule has 4 heteroatoms. The zero-order valence-electron chi connectivity index (χ0n) is 11.0. The van der Waals surface area contributed by atoms with E-state index < -0.39 is 0 Å². The second-order valence-corrected chi connectivity index (χ2v) is 5.64. The van der Waals surface area contributed by atoms with Crippen molar-refractivity contribution in [3.63, 3.8) is 0 Å². The molecule has 0 saturated carbocycles. The van der Waals surface area contributed by atoms with E-state index in [2.05, 4.69) is 29.4 Å². The van der Waals surface area contributed by atoms with E-state index in [0.717, 1.165) is 27.5 Å². The first-order chi connectivity index (χ1) is 9.65. The third-order valence-electron chi connectivity index (χ3n) is 3.21. The minimum absolute atomic E-state index is 0.476. The molecule has 0 saturated heterocycles. The number of halogens is 1. The molecule has 3 rings (SSSR count). The van der Waals surface area contributed by atoms with Crippen LogP contribution in [0.4, 0.5) is 5.69 Å². The van der Waals surface area contributed by atoms with Gasteiger partial charge in [-0.25, -0.2) is 0 Å². The monoisotopic (exact) mass is 300 g/mol. The van der Waals surface area contributed by atoms with Gasteiger partial charge in [-0.1, -0.05) is 53.6 Å². The summed E-state index contributed by atoms with van der Waals surface area (Å²) in [5.41, 5.74) is 5.03. The van der Waals surface area contributed by atoms with Crippen molar-refractivity contribution in [2.45, 2.75) is 6.92 Å². The van der Waals surface area contributed by atoms with Crippen molar-refractivity contribution in [1.82, 2.24) is 0 Å². The number of benzodiazepines with no additional fused rings is 1. The SMILES string of the molecule is Cc1ccc2c(c1)C(c1ccccc1Cl)=NCC(=S)N2. The van der Waals surface area contributed by atoms with Crippen LogP contribution >= 0.6 is 23.8 Å². The number of aliphatic imine (C=N–C) groups is 1. The van der Waals surface area contributed by atoms with Crippen LogP contribution in [0.5, 0.6) is 0 Å². The molecule has 0 unspecified atom stereocenters. The molecule has 2 aromatic rings. The summed E-state index contributed by atoms with van der Waals surface area (Å²) >= 11 is 11.6. The van der Waals surface area contributed by atoms with Crippen LogP contribution in [0.2, 0.25) is 5.02 Å². The van der Waals surface area contributed by atoms with Crippen LogP contribution in [0, 0.1) is 6.92 Å². The Labute approximate surface area is 128 Å². The first kappa shape index (κ1) is 13.3. The smallest absolute Gasteiger partial charge is 0.102 e. The van der Waals surface area contributed by atoms with Gasteiger partial charge in [0.1, 0.15) is 4.99 Å². The van der Waals surface area contributed by atoms with Gasteiger partial charge in [0, 0.05) is 21.8 Å². The quantitative estimate of drug-likeness (QED) is 0.797. The van der Waals surface area contributed by atoms with Gasteiger partial charge >= 0.3 is 0 Å². The van der Waals surface area contributed by atoms with Gasteiger partial charge < -0.3 is 5.32 Å². The Bertz CT molecular complexity index is 722. The Hall–Kier alpha value is -1.71. The maximum absolute atomic E-state index is 6.32. The molecule has 0 atom stereocenters. The third kappa shape index (κ3) is 2.47. The number of thiocarbonyl (C=S) groups is 1. The number of rotatable bonds is 1. The van der Waals surface area contributed by atoms with Crippen LogP contribution in [0.3, 0.4) is 0 Å². The zero-order valence-corrected chi connectivity index (χ0v) is 12.6. The van der Waals surface area contributed by atoms with Crippen LogP contribution in [0.15, 0.2) is 47.5 Å². The standard InChI is InChI=1S/C16H13ClN2S/c1-10-6-7-14-12(8-10)16(18-9-15(20)19-14)11-4-2-3-5-13(11)17/h2-8H,9H2,1H3,(H,19,20). The van der Waals surface area contributed by atoms with Crippen molar-refractivity contribution in [2.24, 2.45) is 4.99 Å². The van der Waals surface area contributed by atoms with E-state index in [4.69, 9.17) is 23.8 Å². The highest BCUT2D eigenvalue weighted by Crippen LogP contribution is 2.27. The summed E-state index contributed by atoms with van der Waals surface area (Å²) in [5, 5.41) is 3.94. The molecule has 0 bridgehead atoms. The molecular weight excluding hydrogens is 288 g/mol. The third-order valence-corrected chi connectivity index (χ3v) is 3.77. The molecule has 0 aromatic heterocycles. The fraction of sp³-hybridized carbons (Fsp3) is 0.125. The Morgan fingerprint density at radius 1 is 1.15 bits per heavy atom. The van der Waals surface area contributed by atoms with Gasteiger partial charge in [-0.15, -0.1) is 0 Å². The lowest BCUT2D eigenvalue weighted by molar-refractivity contribution is 1.31. The van der Waals surface area contributed by atoms with Gasteiger partial charge in [0.15, 0.2) is 0 Å². The summed E-state index contributed by atoms with van der Waals surface area (Å²) in [7, 11) is 0. The predicted molar refractivity (Wildman–Crippen MR) is 89.4 cm³/mol. The molecule has 1 aliphatic heterocycles. The molecule has 20 heavy (non-hydrogen) atoms. The number of hydrogen-bond donors (Lipinski definition) is 1. The summed E-state index contributed by atoms with van der Waals surface area (Å²) in [6, 6.07) is 14.0. The summed E-state index contributed by atoms with van der Waals surface area (Å²) < 4.78 is 0. The summed E-state index contributed by atoms with van der Waals surface area (Å²) in [6.07, 6.45) is 0. The van der Waals surface area contributed by atoms with Gasteiger partial charge in [0.05, 0.1) is 12.3 Å². The number of nitrogens with one attached hydrogen (secondary N) is 1. The van der Waals surface area contributed by atoms with Gasteiger partial charge in [-0.3, -0.25) is 4.99 Å². The average molecular weight is 301 g/mol. The van der Waals surface area contributed by atoms with Crippen LogP contribution in [0.1, 0.15) is 16.7 Å². The normalized spacial score (nSPS) is 14.1. The minimum atomic E-state index is 0.476. The number of anilines is 1. The van der Waals surface area contributed by atoms with Gasteiger partial charge in [-0.2, -0.15) is 0 Å². The van der Waals surface area contributed by atoms with E-state index in [0.29, 0.717) is 11.6 Å². The molecular formula is C16H13ClN2S. The molecule has 100 valence electrons. The van der Waals surface area contributed by atoms with Crippen molar-refractivity contribution in [3.8, 4) is 0 Å². The first-order valence-corrected chi connectivity index (χ1v) is 7.14. The van der Waals surface area contributed by atoms with Gasteiger partial charge in [0.2, 0.25) is 0 Å². The van der Waals surface area contributed by atoms with Crippen LogP contribution in [-0.2, 0) is 0 Å². The lowest BCUT2D eigenvalue weighted by Gasteiger charge is -2.12. The molecule has 1 N–H and O–H groups in total. The summed E-state index contributed by atoms with van der Waals surface area (Å²) in [6.45, 7) is 2.54. The lowest BCUT2D eigenvalue weighted by atomic mass is 9.99. The van der Waals surface area contributed by atoms with Crippen molar-refractivity contribution < 1.29 is 0 Å². The van der Waals surface area contributed by atoms with E-state index in [9.17, 15) is 0 Å². The van der Waals surface area contributed by atoms with Crippen LogP contribution in [-0.4, -0.2) is 17.2 Å². The number of hydrogen-bond acceptors (Lipinski definition) is 2. The summed E-state index contributed by atoms with van der Waals surface area (Å²) in [4.78, 5) is 5.37. The predicted octanol–water partition coefficient (Wildman–Crippen LogP) is 4.24. The van der Waals surface area contributed by atoms with E-state index in [1.807, 2.05) is 30.3 Å².